The zero-order valence-electron chi connectivity index (χ0n) is 8.52. The van der Waals surface area contributed by atoms with Crippen LogP contribution in [-0.4, -0.2) is 17.6 Å². The summed E-state index contributed by atoms with van der Waals surface area (Å²) in [5.74, 6) is -0.477. The Morgan fingerprint density at radius 1 is 1.40 bits per heavy atom. The Bertz CT molecular complexity index is 337. The molecule has 0 aliphatic carbocycles. The number of aliphatic carboxylic acids is 1. The summed E-state index contributed by atoms with van der Waals surface area (Å²) in [6, 6.07) is 10.3. The first-order valence-electron chi connectivity index (χ1n) is 5.27. The van der Waals surface area contributed by atoms with Crippen LogP contribution in [0.25, 0.3) is 0 Å². The van der Waals surface area contributed by atoms with E-state index in [1.165, 1.54) is 5.56 Å². The molecule has 1 aliphatic rings. The molecule has 0 spiro atoms. The summed E-state index contributed by atoms with van der Waals surface area (Å²) in [6.45, 7) is 0.914. The molecule has 1 aliphatic heterocycles. The fourth-order valence-corrected chi connectivity index (χ4v) is 2.25. The maximum Gasteiger partial charge on any atom is 0.303 e. The molecule has 2 atom stereocenters. The number of hydrogen-bond donors (Lipinski definition) is 2. The van der Waals surface area contributed by atoms with Gasteiger partial charge in [-0.3, -0.25) is 4.79 Å². The van der Waals surface area contributed by atoms with E-state index in [2.05, 4.69) is 17.4 Å². The molecule has 2 N–H and O–H groups in total. The van der Waals surface area contributed by atoms with Crippen molar-refractivity contribution in [2.45, 2.75) is 18.9 Å². The van der Waals surface area contributed by atoms with Crippen LogP contribution < -0.4 is 5.32 Å². The van der Waals surface area contributed by atoms with E-state index in [0.29, 0.717) is 0 Å². The van der Waals surface area contributed by atoms with Gasteiger partial charge in [-0.05, 0) is 24.4 Å². The molecule has 0 aromatic heterocycles. The third-order valence-electron chi connectivity index (χ3n) is 2.95. The monoisotopic (exact) mass is 205 g/mol. The number of carboxylic acid groups (broad SMARTS) is 1. The molecule has 1 fully saturated rings. The fraction of sp³-hybridized carbons (Fsp3) is 0.417. The molecule has 0 bridgehead atoms. The van der Waals surface area contributed by atoms with E-state index < -0.39 is 5.97 Å². The molecule has 80 valence electrons. The molecule has 0 saturated carbocycles. The number of rotatable bonds is 3. The van der Waals surface area contributed by atoms with E-state index in [4.69, 9.17) is 5.11 Å². The van der Waals surface area contributed by atoms with E-state index in [0.717, 1.165) is 13.0 Å². The number of hydrogen-bond acceptors (Lipinski definition) is 2. The molecule has 3 nitrogen and oxygen atoms in total. The molecule has 0 radical (unpaired) electrons. The van der Waals surface area contributed by atoms with Crippen molar-refractivity contribution in [3.63, 3.8) is 0 Å². The molecule has 0 amide bonds. The molecule has 2 rings (SSSR count). The Hall–Kier alpha value is -1.35. The van der Waals surface area contributed by atoms with Gasteiger partial charge in [-0.1, -0.05) is 30.3 Å². The Labute approximate surface area is 89.1 Å². The lowest BCUT2D eigenvalue weighted by Gasteiger charge is -2.18. The van der Waals surface area contributed by atoms with Gasteiger partial charge in [0.1, 0.15) is 0 Å². The molecule has 1 saturated heterocycles. The second-order valence-corrected chi connectivity index (χ2v) is 3.99. The number of benzene rings is 1. The van der Waals surface area contributed by atoms with E-state index >= 15 is 0 Å². The van der Waals surface area contributed by atoms with Crippen molar-refractivity contribution in [1.82, 2.24) is 5.32 Å². The predicted octanol–water partition coefficient (Wildman–Crippen LogP) is 1.81. The smallest absolute Gasteiger partial charge is 0.303 e. The van der Waals surface area contributed by atoms with Crippen molar-refractivity contribution >= 4 is 5.97 Å². The van der Waals surface area contributed by atoms with E-state index in [9.17, 15) is 4.79 Å². The predicted molar refractivity (Wildman–Crippen MR) is 57.5 cm³/mol. The standard InChI is InChI=1S/C12H15NO2/c14-11(15)8-10-6-7-13-12(10)9-4-2-1-3-5-9/h1-5,10,12-13H,6-8H2,(H,14,15)/t10-,12-/m1/s1. The van der Waals surface area contributed by atoms with Crippen LogP contribution in [0, 0.1) is 5.92 Å². The van der Waals surface area contributed by atoms with Crippen molar-refractivity contribution in [2.75, 3.05) is 6.54 Å². The minimum Gasteiger partial charge on any atom is -0.481 e. The molecular formula is C12H15NO2. The van der Waals surface area contributed by atoms with Crippen LogP contribution in [0.15, 0.2) is 30.3 Å². The van der Waals surface area contributed by atoms with Gasteiger partial charge in [0.25, 0.3) is 0 Å². The quantitative estimate of drug-likeness (QED) is 0.791. The third-order valence-corrected chi connectivity index (χ3v) is 2.95. The van der Waals surface area contributed by atoms with Gasteiger partial charge in [0.05, 0.1) is 6.42 Å². The lowest BCUT2D eigenvalue weighted by Crippen LogP contribution is -2.19. The summed E-state index contributed by atoms with van der Waals surface area (Å²) in [6.07, 6.45) is 1.21. The third kappa shape index (κ3) is 2.36. The lowest BCUT2D eigenvalue weighted by atomic mass is 9.92. The zero-order valence-corrected chi connectivity index (χ0v) is 8.52. The van der Waals surface area contributed by atoms with Crippen LogP contribution in [0.4, 0.5) is 0 Å². The first-order valence-corrected chi connectivity index (χ1v) is 5.27. The molecular weight excluding hydrogens is 190 g/mol. The van der Waals surface area contributed by atoms with Gasteiger partial charge in [-0.25, -0.2) is 0 Å². The van der Waals surface area contributed by atoms with Crippen molar-refractivity contribution in [3.05, 3.63) is 35.9 Å². The Kier molecular flexibility index (Phi) is 3.02. The molecule has 1 aromatic carbocycles. The highest BCUT2D eigenvalue weighted by atomic mass is 16.4. The highest BCUT2D eigenvalue weighted by molar-refractivity contribution is 5.67. The first-order chi connectivity index (χ1) is 7.27. The van der Waals surface area contributed by atoms with Gasteiger partial charge >= 0.3 is 5.97 Å². The maximum atomic E-state index is 10.7. The van der Waals surface area contributed by atoms with Crippen LogP contribution in [0.3, 0.4) is 0 Å². The Balaban J connectivity index is 2.11. The van der Waals surface area contributed by atoms with Crippen molar-refractivity contribution < 1.29 is 9.90 Å². The summed E-state index contributed by atoms with van der Waals surface area (Å²) >= 11 is 0. The highest BCUT2D eigenvalue weighted by Crippen LogP contribution is 2.31. The van der Waals surface area contributed by atoms with E-state index in [1.807, 2.05) is 18.2 Å². The largest absolute Gasteiger partial charge is 0.481 e. The van der Waals surface area contributed by atoms with Crippen molar-refractivity contribution in [2.24, 2.45) is 5.92 Å². The summed E-state index contributed by atoms with van der Waals surface area (Å²) in [4.78, 5) is 10.7. The minimum absolute atomic E-state index is 0.210. The van der Waals surface area contributed by atoms with Gasteiger partial charge in [-0.15, -0.1) is 0 Å². The van der Waals surface area contributed by atoms with Crippen LogP contribution in [0.5, 0.6) is 0 Å². The summed E-state index contributed by atoms with van der Waals surface area (Å²) < 4.78 is 0. The molecule has 0 unspecified atom stereocenters. The van der Waals surface area contributed by atoms with Gasteiger partial charge in [-0.2, -0.15) is 0 Å². The van der Waals surface area contributed by atoms with E-state index in [1.54, 1.807) is 0 Å². The molecule has 1 heterocycles. The van der Waals surface area contributed by atoms with Gasteiger partial charge in [0.2, 0.25) is 0 Å². The van der Waals surface area contributed by atoms with Crippen LogP contribution in [-0.2, 0) is 4.79 Å². The van der Waals surface area contributed by atoms with Crippen molar-refractivity contribution in [3.8, 4) is 0 Å². The van der Waals surface area contributed by atoms with Crippen LogP contribution in [0.1, 0.15) is 24.4 Å². The van der Waals surface area contributed by atoms with Gasteiger partial charge in [0, 0.05) is 6.04 Å². The zero-order chi connectivity index (χ0) is 10.7. The highest BCUT2D eigenvalue weighted by Gasteiger charge is 2.29. The first kappa shape index (κ1) is 10.2. The second-order valence-electron chi connectivity index (χ2n) is 3.99. The Morgan fingerprint density at radius 3 is 2.80 bits per heavy atom. The lowest BCUT2D eigenvalue weighted by molar-refractivity contribution is -0.138. The number of nitrogens with one attached hydrogen (secondary N) is 1. The molecule has 1 aromatic rings. The normalized spacial score (nSPS) is 25.3. The summed E-state index contributed by atoms with van der Waals surface area (Å²) in [7, 11) is 0. The Morgan fingerprint density at radius 2 is 2.13 bits per heavy atom. The van der Waals surface area contributed by atoms with Gasteiger partial charge < -0.3 is 10.4 Å². The average Bonchev–Trinajstić information content (AvgIpc) is 2.66. The number of carboxylic acids is 1. The second kappa shape index (κ2) is 4.45. The maximum absolute atomic E-state index is 10.7. The average molecular weight is 205 g/mol. The fourth-order valence-electron chi connectivity index (χ4n) is 2.25. The summed E-state index contributed by atoms with van der Waals surface area (Å²) in [5, 5.41) is 12.2. The topological polar surface area (TPSA) is 49.3 Å². The SMILES string of the molecule is O=C(O)C[C@H]1CCN[C@@H]1c1ccccc1. The summed E-state index contributed by atoms with van der Waals surface area (Å²) in [5.41, 5.74) is 1.20. The van der Waals surface area contributed by atoms with Crippen LogP contribution in [0.2, 0.25) is 0 Å². The van der Waals surface area contributed by atoms with Crippen molar-refractivity contribution in [1.29, 1.82) is 0 Å². The molecule has 3 heteroatoms. The minimum atomic E-state index is -0.704. The van der Waals surface area contributed by atoms with Crippen LogP contribution >= 0.6 is 0 Å². The number of carbonyl (C=O) groups is 1. The molecule has 15 heavy (non-hydrogen) atoms. The van der Waals surface area contributed by atoms with E-state index in [-0.39, 0.29) is 18.4 Å². The van der Waals surface area contributed by atoms with Gasteiger partial charge in [0.15, 0.2) is 0 Å².